The quantitative estimate of drug-likeness (QED) is 0.136. The van der Waals surface area contributed by atoms with Crippen molar-refractivity contribution < 1.29 is 28.5 Å². The zero-order valence-electron chi connectivity index (χ0n) is 29.6. The highest BCUT2D eigenvalue weighted by Crippen LogP contribution is 2.38. The lowest BCUT2D eigenvalue weighted by atomic mass is 9.72. The van der Waals surface area contributed by atoms with Crippen molar-refractivity contribution >= 4 is 48.8 Å². The molecule has 0 saturated carbocycles. The second-order valence-electron chi connectivity index (χ2n) is 12.8. The van der Waals surface area contributed by atoms with E-state index in [9.17, 15) is 9.59 Å². The Labute approximate surface area is 288 Å². The highest BCUT2D eigenvalue weighted by molar-refractivity contribution is 15.0. The average Bonchev–Trinajstić information content (AvgIpc) is 2.96. The third-order valence-corrected chi connectivity index (χ3v) is 8.68. The summed E-state index contributed by atoms with van der Waals surface area (Å²) in [5.41, 5.74) is 3.55. The highest BCUT2D eigenvalue weighted by atomic mass is 128. The molecule has 0 heterocycles. The fourth-order valence-electron chi connectivity index (χ4n) is 5.92. The van der Waals surface area contributed by atoms with E-state index in [2.05, 4.69) is 99.5 Å². The largest absolute Gasteiger partial charge is 0.356 e. The van der Waals surface area contributed by atoms with E-state index >= 15 is 0 Å². The Morgan fingerprint density at radius 1 is 0.767 bits per heavy atom. The van der Waals surface area contributed by atoms with Crippen LogP contribution in [0.1, 0.15) is 114 Å². The summed E-state index contributed by atoms with van der Waals surface area (Å²) in [6, 6.07) is 0. The van der Waals surface area contributed by atoms with Gasteiger partial charge < -0.3 is 18.9 Å². The fourth-order valence-corrected chi connectivity index (χ4v) is 5.92. The maximum absolute atomic E-state index is 12.4. The van der Waals surface area contributed by atoms with Crippen LogP contribution in [-0.4, -0.2) is 52.6 Å². The van der Waals surface area contributed by atoms with Gasteiger partial charge >= 0.3 is 0 Å². The van der Waals surface area contributed by atoms with E-state index in [4.69, 9.17) is 18.9 Å². The molecule has 0 radical (unpaired) electrons. The zero-order valence-corrected chi connectivity index (χ0v) is 33.9. The summed E-state index contributed by atoms with van der Waals surface area (Å²) in [5, 5.41) is 0. The number of rotatable bonds is 13. The topological polar surface area (TPSA) is 71.1 Å². The Morgan fingerprint density at radius 3 is 1.60 bits per heavy atom. The van der Waals surface area contributed by atoms with Gasteiger partial charge in [-0.15, -0.1) is 0 Å². The van der Waals surface area contributed by atoms with Gasteiger partial charge in [0.25, 0.3) is 0 Å². The van der Waals surface area contributed by atoms with Crippen LogP contribution in [0.4, 0.5) is 0 Å². The van der Waals surface area contributed by atoms with Gasteiger partial charge in [-0.3, -0.25) is 9.59 Å². The van der Waals surface area contributed by atoms with Crippen LogP contribution in [0, 0.1) is 35.5 Å². The van der Waals surface area contributed by atoms with E-state index in [-0.39, 0.29) is 12.6 Å². The summed E-state index contributed by atoms with van der Waals surface area (Å²) >= 11 is 4.24. The van der Waals surface area contributed by atoms with E-state index in [0.29, 0.717) is 53.5 Å². The van der Waals surface area contributed by atoms with Gasteiger partial charge in [0.15, 0.2) is 24.1 Å². The molecule has 4 atom stereocenters. The smallest absolute Gasteiger partial charge is 0.159 e. The van der Waals surface area contributed by atoms with Crippen LogP contribution in [0.5, 0.6) is 0 Å². The van der Waals surface area contributed by atoms with Gasteiger partial charge in [-0.25, -0.2) is 0 Å². The molecular formula is C35H64I2O6. The number of carbonyl (C=O) groups is 2. The van der Waals surface area contributed by atoms with Crippen molar-refractivity contribution in [1.82, 2.24) is 0 Å². The predicted octanol–water partition coefficient (Wildman–Crippen LogP) is 10.4. The summed E-state index contributed by atoms with van der Waals surface area (Å²) in [6.07, 6.45) is 8.97. The molecule has 0 bridgehead atoms. The minimum atomic E-state index is -0.216. The number of ketones is 2. The Kier molecular flexibility index (Phi) is 27.6. The first-order valence-corrected chi connectivity index (χ1v) is 22.2. The van der Waals surface area contributed by atoms with E-state index in [1.54, 1.807) is 28.4 Å². The number of hydrogen-bond donors (Lipinski definition) is 0. The lowest BCUT2D eigenvalue weighted by molar-refractivity contribution is -0.119. The van der Waals surface area contributed by atoms with Gasteiger partial charge in [-0.2, -0.15) is 0 Å². The number of carbonyl (C=O) groups excluding carboxylic acids is 2. The number of Topliss-reactive ketones (excluding diaryl/α,β-unsaturated/α-hetero) is 1. The Balaban J connectivity index is 0. The molecular weight excluding hydrogens is 770 g/mol. The first-order valence-electron chi connectivity index (χ1n) is 15.9. The van der Waals surface area contributed by atoms with Gasteiger partial charge in [-0.05, 0) is 86.7 Å². The molecule has 0 N–H and O–H groups in total. The van der Waals surface area contributed by atoms with Crippen molar-refractivity contribution in [2.45, 2.75) is 126 Å². The van der Waals surface area contributed by atoms with E-state index < -0.39 is 0 Å². The number of methoxy groups -OCH3 is 4. The molecule has 254 valence electrons. The molecule has 0 spiro atoms. The SMILES string of the molecule is CC1=CC(=O)CC(CC(C)C)C1C.CCCC(OC)OC.COC(CCC1=C(C)C(C)C(CC(C)C)CC1=O)OC.II. The molecule has 0 aromatic rings. The van der Waals surface area contributed by atoms with Crippen LogP contribution in [0.15, 0.2) is 22.8 Å². The second kappa shape index (κ2) is 26.2. The van der Waals surface area contributed by atoms with Crippen LogP contribution < -0.4 is 0 Å². The molecule has 2 aliphatic carbocycles. The summed E-state index contributed by atoms with van der Waals surface area (Å²) in [7, 11) is 6.59. The molecule has 2 aliphatic rings. The summed E-state index contributed by atoms with van der Waals surface area (Å²) in [5.74, 6) is 4.19. The molecule has 6 nitrogen and oxygen atoms in total. The van der Waals surface area contributed by atoms with Crippen molar-refractivity contribution in [3.05, 3.63) is 22.8 Å². The third-order valence-electron chi connectivity index (χ3n) is 8.68. The normalized spacial score (nSPS) is 22.2. The van der Waals surface area contributed by atoms with Crippen molar-refractivity contribution in [1.29, 1.82) is 0 Å². The average molecular weight is 835 g/mol. The Morgan fingerprint density at radius 2 is 1.21 bits per heavy atom. The van der Waals surface area contributed by atoms with Crippen molar-refractivity contribution in [3.8, 4) is 0 Å². The van der Waals surface area contributed by atoms with Crippen LogP contribution >= 0.6 is 37.2 Å². The molecule has 4 unspecified atom stereocenters. The lowest BCUT2D eigenvalue weighted by Crippen LogP contribution is -2.27. The maximum atomic E-state index is 12.4. The monoisotopic (exact) mass is 834 g/mol. The predicted molar refractivity (Wildman–Crippen MR) is 198 cm³/mol. The Bertz CT molecular complexity index is 815. The molecule has 0 aromatic heterocycles. The van der Waals surface area contributed by atoms with Gasteiger partial charge in [0, 0.05) is 84.9 Å². The molecule has 0 amide bonds. The van der Waals surface area contributed by atoms with Crippen LogP contribution in [0.25, 0.3) is 0 Å². The van der Waals surface area contributed by atoms with E-state index in [0.717, 1.165) is 44.1 Å². The Hall–Kier alpha value is 0.120. The first-order chi connectivity index (χ1) is 20.2. The van der Waals surface area contributed by atoms with Crippen molar-refractivity contribution in [2.75, 3.05) is 28.4 Å². The fraction of sp³-hybridized carbons (Fsp3) is 0.829. The zero-order chi connectivity index (χ0) is 33.7. The third kappa shape index (κ3) is 18.8. The minimum Gasteiger partial charge on any atom is -0.356 e. The lowest BCUT2D eigenvalue weighted by Gasteiger charge is -2.32. The number of allylic oxidation sites excluding steroid dienone is 4. The van der Waals surface area contributed by atoms with E-state index in [1.807, 2.05) is 6.08 Å². The standard InChI is InChI=1S/C17H30O3.C12H20O.C6H14O2.I2/c1-11(2)9-14-10-16(18)15(13(4)12(14)3)7-8-17(19-5)20-6;1-8(2)5-11-7-12(13)6-9(3)10(11)4;1-4-5-6(7-2)8-3;1-2/h11-12,14,17H,7-10H2,1-6H3;6,8,10-11H,5,7H2,1-4H3;6H,4-5H2,1-3H3;. The number of hydrogen-bond acceptors (Lipinski definition) is 6. The molecule has 8 heteroatoms. The second-order valence-corrected chi connectivity index (χ2v) is 12.8. The number of ether oxygens (including phenoxy) is 4. The molecule has 0 aliphatic heterocycles. The molecule has 0 fully saturated rings. The summed E-state index contributed by atoms with van der Waals surface area (Å²) in [4.78, 5) is 23.7. The van der Waals surface area contributed by atoms with Crippen molar-refractivity contribution in [2.24, 2.45) is 35.5 Å². The molecule has 43 heavy (non-hydrogen) atoms. The molecule has 0 aromatic carbocycles. The number of halogens is 2. The van der Waals surface area contributed by atoms with Gasteiger partial charge in [0.1, 0.15) is 0 Å². The van der Waals surface area contributed by atoms with Gasteiger partial charge in [0.05, 0.1) is 0 Å². The summed E-state index contributed by atoms with van der Waals surface area (Å²) in [6.45, 7) is 19.7. The highest BCUT2D eigenvalue weighted by Gasteiger charge is 2.31. The van der Waals surface area contributed by atoms with Crippen molar-refractivity contribution in [3.63, 3.8) is 0 Å². The summed E-state index contributed by atoms with van der Waals surface area (Å²) < 4.78 is 20.2. The van der Waals surface area contributed by atoms with E-state index in [1.165, 1.54) is 17.6 Å². The molecule has 2 rings (SSSR count). The first kappa shape index (κ1) is 45.2. The minimum absolute atomic E-state index is 0.000000000000000444. The molecule has 0 saturated heterocycles. The maximum Gasteiger partial charge on any atom is 0.159 e. The van der Waals surface area contributed by atoms with Crippen LogP contribution in [0.2, 0.25) is 0 Å². The van der Waals surface area contributed by atoms with Crippen LogP contribution in [0.3, 0.4) is 0 Å². The van der Waals surface area contributed by atoms with Gasteiger partial charge in [-0.1, -0.05) is 66.0 Å². The van der Waals surface area contributed by atoms with Gasteiger partial charge in [0.2, 0.25) is 0 Å². The van der Waals surface area contributed by atoms with Crippen LogP contribution in [-0.2, 0) is 28.5 Å².